The van der Waals surface area contributed by atoms with Gasteiger partial charge in [0.05, 0.1) is 6.61 Å². The lowest BCUT2D eigenvalue weighted by Crippen LogP contribution is -1.98. The van der Waals surface area contributed by atoms with Gasteiger partial charge in [0.2, 0.25) is 0 Å². The van der Waals surface area contributed by atoms with Crippen molar-refractivity contribution in [2.24, 2.45) is 0 Å². The summed E-state index contributed by atoms with van der Waals surface area (Å²) in [6.07, 6.45) is 2.30. The minimum absolute atomic E-state index is 0.626. The van der Waals surface area contributed by atoms with Gasteiger partial charge >= 0.3 is 0 Å². The van der Waals surface area contributed by atoms with E-state index >= 15 is 0 Å². The Kier molecular flexibility index (Phi) is 3.30. The van der Waals surface area contributed by atoms with E-state index in [9.17, 15) is 0 Å². The molecular formula is C11H15BrOS. The van der Waals surface area contributed by atoms with Crippen molar-refractivity contribution in [3.63, 3.8) is 0 Å². The third-order valence-corrected chi connectivity index (χ3v) is 5.23. The Morgan fingerprint density at radius 1 is 1.57 bits per heavy atom. The van der Waals surface area contributed by atoms with E-state index in [4.69, 9.17) is 4.74 Å². The van der Waals surface area contributed by atoms with Crippen LogP contribution in [-0.2, 0) is 11.2 Å². The van der Waals surface area contributed by atoms with Crippen LogP contribution in [0.1, 0.15) is 34.6 Å². The smallest absolute Gasteiger partial charge is 0.0536 e. The Morgan fingerprint density at radius 2 is 2.36 bits per heavy atom. The predicted molar refractivity (Wildman–Crippen MR) is 64.3 cm³/mol. The molecule has 1 unspecified atom stereocenters. The first kappa shape index (κ1) is 10.7. The molecule has 1 fully saturated rings. The number of ether oxygens (including phenoxy) is 1. The van der Waals surface area contributed by atoms with Gasteiger partial charge in [-0.3, -0.25) is 0 Å². The normalized spacial score (nSPS) is 21.8. The van der Waals surface area contributed by atoms with Crippen molar-refractivity contribution in [2.75, 3.05) is 13.2 Å². The van der Waals surface area contributed by atoms with Gasteiger partial charge in [0, 0.05) is 26.8 Å². The summed E-state index contributed by atoms with van der Waals surface area (Å²) in [4.78, 5) is 2.94. The van der Waals surface area contributed by atoms with Crippen LogP contribution in [0.5, 0.6) is 0 Å². The zero-order chi connectivity index (χ0) is 10.1. The Morgan fingerprint density at radius 3 is 2.86 bits per heavy atom. The van der Waals surface area contributed by atoms with Crippen LogP contribution in [0.4, 0.5) is 0 Å². The highest BCUT2D eigenvalue weighted by molar-refractivity contribution is 9.10. The number of rotatable bonds is 2. The van der Waals surface area contributed by atoms with Crippen molar-refractivity contribution in [2.45, 2.75) is 32.6 Å². The van der Waals surface area contributed by atoms with Gasteiger partial charge in [-0.25, -0.2) is 0 Å². The molecule has 0 bridgehead atoms. The maximum atomic E-state index is 5.45. The maximum absolute atomic E-state index is 5.45. The third-order valence-electron chi connectivity index (χ3n) is 2.80. The Balaban J connectivity index is 2.35. The fraction of sp³-hybridized carbons (Fsp3) is 0.636. The van der Waals surface area contributed by atoms with Gasteiger partial charge in [0.15, 0.2) is 0 Å². The molecule has 1 aromatic rings. The van der Waals surface area contributed by atoms with E-state index in [0.717, 1.165) is 19.6 Å². The van der Waals surface area contributed by atoms with Crippen LogP contribution in [0, 0.1) is 6.92 Å². The van der Waals surface area contributed by atoms with Gasteiger partial charge in [-0.1, -0.05) is 6.92 Å². The number of aryl methyl sites for hydroxylation is 2. The minimum atomic E-state index is 0.626. The van der Waals surface area contributed by atoms with E-state index in [0.29, 0.717) is 5.92 Å². The standard InChI is InChI=1S/C11H15BrOS/c1-3-9-11(12)10(7(2)14-9)8-4-5-13-6-8/h8H,3-6H2,1-2H3. The van der Waals surface area contributed by atoms with Gasteiger partial charge in [-0.15, -0.1) is 11.3 Å². The molecule has 1 aliphatic rings. The molecular weight excluding hydrogens is 260 g/mol. The number of hydrogen-bond donors (Lipinski definition) is 0. The zero-order valence-electron chi connectivity index (χ0n) is 8.60. The van der Waals surface area contributed by atoms with E-state index in [-0.39, 0.29) is 0 Å². The Hall–Kier alpha value is 0.140. The lowest BCUT2D eigenvalue weighted by molar-refractivity contribution is 0.194. The molecule has 2 heterocycles. The first-order valence-corrected chi connectivity index (χ1v) is 6.70. The van der Waals surface area contributed by atoms with Crippen molar-refractivity contribution in [1.82, 2.24) is 0 Å². The average molecular weight is 275 g/mol. The summed E-state index contributed by atoms with van der Waals surface area (Å²) in [6, 6.07) is 0. The summed E-state index contributed by atoms with van der Waals surface area (Å²) >= 11 is 5.65. The largest absolute Gasteiger partial charge is 0.381 e. The van der Waals surface area contributed by atoms with Crippen molar-refractivity contribution in [3.8, 4) is 0 Å². The first-order valence-electron chi connectivity index (χ1n) is 5.09. The Bertz CT molecular complexity index is 326. The summed E-state index contributed by atoms with van der Waals surface area (Å²) in [6.45, 7) is 6.26. The summed E-state index contributed by atoms with van der Waals surface area (Å²) in [5, 5.41) is 0. The molecule has 0 N–H and O–H groups in total. The second-order valence-electron chi connectivity index (χ2n) is 3.72. The SMILES string of the molecule is CCc1sc(C)c(C2CCOC2)c1Br. The predicted octanol–water partition coefficient (Wildman–Crippen LogP) is 3.89. The molecule has 1 aromatic heterocycles. The van der Waals surface area contributed by atoms with Crippen LogP contribution in [-0.4, -0.2) is 13.2 Å². The molecule has 0 aromatic carbocycles. The van der Waals surface area contributed by atoms with Gasteiger partial charge in [-0.05, 0) is 41.3 Å². The van der Waals surface area contributed by atoms with Gasteiger partial charge in [0.25, 0.3) is 0 Å². The van der Waals surface area contributed by atoms with Crippen molar-refractivity contribution >= 4 is 27.3 Å². The molecule has 78 valence electrons. The summed E-state index contributed by atoms with van der Waals surface area (Å²) in [7, 11) is 0. The molecule has 0 amide bonds. The second-order valence-corrected chi connectivity index (χ2v) is 5.83. The molecule has 0 aliphatic carbocycles. The molecule has 1 aliphatic heterocycles. The molecule has 0 saturated carbocycles. The van der Waals surface area contributed by atoms with Crippen molar-refractivity contribution < 1.29 is 4.74 Å². The summed E-state index contributed by atoms with van der Waals surface area (Å²) in [5.41, 5.74) is 1.50. The van der Waals surface area contributed by atoms with Crippen LogP contribution in [0.25, 0.3) is 0 Å². The molecule has 1 atom stereocenters. The summed E-state index contributed by atoms with van der Waals surface area (Å²) < 4.78 is 6.79. The molecule has 14 heavy (non-hydrogen) atoms. The third kappa shape index (κ3) is 1.77. The molecule has 0 radical (unpaired) electrons. The van der Waals surface area contributed by atoms with E-state index in [2.05, 4.69) is 29.8 Å². The van der Waals surface area contributed by atoms with Crippen LogP contribution in [0.3, 0.4) is 0 Å². The monoisotopic (exact) mass is 274 g/mol. The highest BCUT2D eigenvalue weighted by Crippen LogP contribution is 2.40. The Labute approximate surface area is 97.6 Å². The molecule has 2 rings (SSSR count). The number of thiophene rings is 1. The van der Waals surface area contributed by atoms with Crippen LogP contribution in [0.15, 0.2) is 4.47 Å². The maximum Gasteiger partial charge on any atom is 0.0536 e. The topological polar surface area (TPSA) is 9.23 Å². The van der Waals surface area contributed by atoms with Crippen molar-refractivity contribution in [1.29, 1.82) is 0 Å². The van der Waals surface area contributed by atoms with Crippen LogP contribution >= 0.6 is 27.3 Å². The van der Waals surface area contributed by atoms with Crippen LogP contribution in [0.2, 0.25) is 0 Å². The molecule has 1 saturated heterocycles. The first-order chi connectivity index (χ1) is 6.74. The fourth-order valence-electron chi connectivity index (χ4n) is 2.05. The van der Waals surface area contributed by atoms with E-state index in [1.807, 2.05) is 11.3 Å². The fourth-order valence-corrected chi connectivity index (χ4v) is 4.41. The van der Waals surface area contributed by atoms with Crippen LogP contribution < -0.4 is 0 Å². The second kappa shape index (κ2) is 4.33. The molecule has 3 heteroatoms. The van der Waals surface area contributed by atoms with Gasteiger partial charge in [-0.2, -0.15) is 0 Å². The van der Waals surface area contributed by atoms with E-state index < -0.39 is 0 Å². The number of halogens is 1. The van der Waals surface area contributed by atoms with E-state index in [1.54, 1.807) is 0 Å². The molecule has 1 nitrogen and oxygen atoms in total. The van der Waals surface area contributed by atoms with E-state index in [1.165, 1.54) is 26.2 Å². The highest BCUT2D eigenvalue weighted by Gasteiger charge is 2.24. The zero-order valence-corrected chi connectivity index (χ0v) is 11.0. The highest BCUT2D eigenvalue weighted by atomic mass is 79.9. The minimum Gasteiger partial charge on any atom is -0.381 e. The lowest BCUT2D eigenvalue weighted by atomic mass is 9.99. The van der Waals surface area contributed by atoms with Gasteiger partial charge < -0.3 is 4.74 Å². The number of hydrogen-bond acceptors (Lipinski definition) is 2. The lowest BCUT2D eigenvalue weighted by Gasteiger charge is -2.08. The quantitative estimate of drug-likeness (QED) is 0.795. The van der Waals surface area contributed by atoms with Gasteiger partial charge in [0.1, 0.15) is 0 Å². The summed E-state index contributed by atoms with van der Waals surface area (Å²) in [5.74, 6) is 0.626. The molecule has 0 spiro atoms. The average Bonchev–Trinajstić information content (AvgIpc) is 2.74. The van der Waals surface area contributed by atoms with Crippen molar-refractivity contribution in [3.05, 3.63) is 19.8 Å².